The summed E-state index contributed by atoms with van der Waals surface area (Å²) in [6.45, 7) is 1.51. The van der Waals surface area contributed by atoms with E-state index in [-0.39, 0.29) is 9.92 Å². The SMILES string of the molecule is CC(NS(C)(=O)=O)c1ccc(S(=O)(=O)c2ccc(Cl)cc2C(=O)Oc2c(F)c(F)c(F)c(F)c2F)cc1. The van der Waals surface area contributed by atoms with E-state index in [9.17, 15) is 43.6 Å². The maximum Gasteiger partial charge on any atom is 0.345 e. The molecule has 15 heteroatoms. The van der Waals surface area contributed by atoms with Crippen LogP contribution in [0.1, 0.15) is 28.9 Å². The molecule has 7 nitrogen and oxygen atoms in total. The lowest BCUT2D eigenvalue weighted by Gasteiger charge is -2.14. The summed E-state index contributed by atoms with van der Waals surface area (Å²) < 4.78 is 124. The van der Waals surface area contributed by atoms with Gasteiger partial charge in [0.2, 0.25) is 54.7 Å². The van der Waals surface area contributed by atoms with Crippen LogP contribution in [0.5, 0.6) is 5.75 Å². The van der Waals surface area contributed by atoms with E-state index in [1.165, 1.54) is 19.1 Å². The monoisotopic (exact) mass is 583 g/mol. The molecule has 0 aliphatic rings. The van der Waals surface area contributed by atoms with Crippen LogP contribution in [0.25, 0.3) is 0 Å². The van der Waals surface area contributed by atoms with Crippen molar-refractivity contribution in [1.29, 1.82) is 0 Å². The van der Waals surface area contributed by atoms with Gasteiger partial charge in [0.05, 0.1) is 21.6 Å². The molecule has 0 spiro atoms. The maximum absolute atomic E-state index is 14.0. The molecule has 0 saturated heterocycles. The van der Waals surface area contributed by atoms with Crippen molar-refractivity contribution in [2.75, 3.05) is 6.26 Å². The number of benzene rings is 3. The molecule has 0 saturated carbocycles. The zero-order valence-corrected chi connectivity index (χ0v) is 21.0. The zero-order valence-electron chi connectivity index (χ0n) is 18.7. The molecule has 0 aliphatic heterocycles. The van der Waals surface area contributed by atoms with Crippen molar-refractivity contribution in [3.05, 3.63) is 87.7 Å². The van der Waals surface area contributed by atoms with Crippen LogP contribution in [-0.2, 0) is 19.9 Å². The molecule has 3 aromatic carbocycles. The summed E-state index contributed by atoms with van der Waals surface area (Å²) in [5.74, 6) is -15.8. The number of hydrogen-bond donors (Lipinski definition) is 1. The Labute approximate surface area is 212 Å². The second-order valence-electron chi connectivity index (χ2n) is 7.61. The Balaban J connectivity index is 2.03. The van der Waals surface area contributed by atoms with Crippen molar-refractivity contribution < 1.29 is 48.3 Å². The van der Waals surface area contributed by atoms with Crippen molar-refractivity contribution in [3.8, 4) is 5.75 Å². The highest BCUT2D eigenvalue weighted by Gasteiger charge is 2.31. The standard InChI is InChI=1S/C22H15ClF5NO6S2/c1-10(29-36(2,31)32)11-3-6-13(7-4-11)37(33,34)15-8-5-12(23)9-14(15)22(30)35-21-19(27)17(25)16(24)18(26)20(21)28/h3-10,29H,1-2H3. The van der Waals surface area contributed by atoms with Gasteiger partial charge in [0.25, 0.3) is 0 Å². The summed E-state index contributed by atoms with van der Waals surface area (Å²) in [7, 11) is -8.10. The third-order valence-corrected chi connectivity index (χ3v) is 7.74. The third kappa shape index (κ3) is 5.92. The topological polar surface area (TPSA) is 107 Å². The predicted octanol–water partition coefficient (Wildman–Crippen LogP) is 4.70. The summed E-state index contributed by atoms with van der Waals surface area (Å²) >= 11 is 5.83. The Morgan fingerprint density at radius 1 is 0.865 bits per heavy atom. The lowest BCUT2D eigenvalue weighted by molar-refractivity contribution is 0.0712. The van der Waals surface area contributed by atoms with Gasteiger partial charge in [-0.25, -0.2) is 39.5 Å². The van der Waals surface area contributed by atoms with Crippen molar-refractivity contribution in [2.24, 2.45) is 0 Å². The highest BCUT2D eigenvalue weighted by molar-refractivity contribution is 7.91. The maximum atomic E-state index is 14.0. The Morgan fingerprint density at radius 3 is 1.89 bits per heavy atom. The number of esters is 1. The van der Waals surface area contributed by atoms with Crippen LogP contribution in [0.2, 0.25) is 5.02 Å². The van der Waals surface area contributed by atoms with Gasteiger partial charge in [0.15, 0.2) is 0 Å². The predicted molar refractivity (Wildman–Crippen MR) is 121 cm³/mol. The Bertz CT molecular complexity index is 1580. The number of halogens is 6. The summed E-state index contributed by atoms with van der Waals surface area (Å²) in [6.07, 6.45) is 0.940. The van der Waals surface area contributed by atoms with Gasteiger partial charge in [0.1, 0.15) is 0 Å². The second kappa shape index (κ2) is 10.4. The van der Waals surface area contributed by atoms with Crippen molar-refractivity contribution in [2.45, 2.75) is 22.8 Å². The summed E-state index contributed by atoms with van der Waals surface area (Å²) in [5.41, 5.74) is -0.459. The quantitative estimate of drug-likeness (QED) is 0.142. The van der Waals surface area contributed by atoms with Gasteiger partial charge >= 0.3 is 5.97 Å². The largest absolute Gasteiger partial charge is 0.416 e. The number of sulfone groups is 1. The minimum Gasteiger partial charge on any atom is -0.416 e. The molecule has 37 heavy (non-hydrogen) atoms. The number of hydrogen-bond acceptors (Lipinski definition) is 6. The van der Waals surface area contributed by atoms with E-state index < -0.39 is 77.2 Å². The molecule has 0 fully saturated rings. The van der Waals surface area contributed by atoms with Crippen LogP contribution >= 0.6 is 11.6 Å². The highest BCUT2D eigenvalue weighted by Crippen LogP contribution is 2.32. The summed E-state index contributed by atoms with van der Waals surface area (Å²) in [6, 6.07) is 6.85. The number of carbonyl (C=O) groups excluding carboxylic acids is 1. The fourth-order valence-corrected chi connectivity index (χ4v) is 5.55. The molecule has 0 amide bonds. The van der Waals surface area contributed by atoms with Gasteiger partial charge in [-0.2, -0.15) is 8.78 Å². The number of carbonyl (C=O) groups is 1. The van der Waals surface area contributed by atoms with Crippen LogP contribution in [0.15, 0.2) is 52.3 Å². The number of nitrogens with one attached hydrogen (secondary N) is 1. The summed E-state index contributed by atoms with van der Waals surface area (Å²) in [4.78, 5) is 11.5. The van der Waals surface area contributed by atoms with Crippen LogP contribution in [0.3, 0.4) is 0 Å². The molecule has 1 unspecified atom stereocenters. The Morgan fingerprint density at radius 2 is 1.38 bits per heavy atom. The average molecular weight is 584 g/mol. The van der Waals surface area contributed by atoms with Gasteiger partial charge in [-0.05, 0) is 42.8 Å². The molecule has 0 bridgehead atoms. The first-order valence-electron chi connectivity index (χ1n) is 9.90. The van der Waals surface area contributed by atoms with Gasteiger partial charge in [-0.15, -0.1) is 0 Å². The van der Waals surface area contributed by atoms with Crippen molar-refractivity contribution in [1.82, 2.24) is 4.72 Å². The molecule has 1 N–H and O–H groups in total. The second-order valence-corrected chi connectivity index (χ2v) is 11.7. The molecule has 198 valence electrons. The Kier molecular flexibility index (Phi) is 7.98. The first-order chi connectivity index (χ1) is 17.0. The van der Waals surface area contributed by atoms with E-state index in [0.717, 1.165) is 36.6 Å². The Hall–Kier alpha value is -3.07. The van der Waals surface area contributed by atoms with Gasteiger partial charge in [0, 0.05) is 11.1 Å². The van der Waals surface area contributed by atoms with Crippen LogP contribution in [0, 0.1) is 29.1 Å². The number of rotatable bonds is 7. The molecule has 0 aliphatic carbocycles. The lowest BCUT2D eigenvalue weighted by atomic mass is 10.1. The molecular formula is C22H15ClF5NO6S2. The van der Waals surface area contributed by atoms with E-state index >= 15 is 0 Å². The zero-order chi connectivity index (χ0) is 27.9. The lowest BCUT2D eigenvalue weighted by Crippen LogP contribution is -2.25. The average Bonchev–Trinajstić information content (AvgIpc) is 2.82. The minimum atomic E-state index is -4.54. The van der Waals surface area contributed by atoms with Crippen LogP contribution in [-0.4, -0.2) is 29.1 Å². The first kappa shape index (κ1) is 28.5. The van der Waals surface area contributed by atoms with E-state index in [1.807, 2.05) is 0 Å². The molecule has 0 aromatic heterocycles. The molecule has 1 atom stereocenters. The van der Waals surface area contributed by atoms with E-state index in [4.69, 9.17) is 11.6 Å². The molecule has 0 radical (unpaired) electrons. The van der Waals surface area contributed by atoms with Gasteiger partial charge in [-0.1, -0.05) is 23.7 Å². The van der Waals surface area contributed by atoms with Crippen LogP contribution in [0.4, 0.5) is 22.0 Å². The number of sulfonamides is 1. The van der Waals surface area contributed by atoms with Crippen molar-refractivity contribution >= 4 is 37.4 Å². The minimum absolute atomic E-state index is 0.209. The van der Waals surface area contributed by atoms with Crippen molar-refractivity contribution in [3.63, 3.8) is 0 Å². The fourth-order valence-electron chi connectivity index (χ4n) is 3.17. The van der Waals surface area contributed by atoms with E-state index in [2.05, 4.69) is 9.46 Å². The van der Waals surface area contributed by atoms with E-state index in [0.29, 0.717) is 5.56 Å². The molecule has 3 rings (SSSR count). The number of ether oxygens (including phenoxy) is 1. The van der Waals surface area contributed by atoms with Gasteiger partial charge in [-0.3, -0.25) is 0 Å². The smallest absolute Gasteiger partial charge is 0.345 e. The summed E-state index contributed by atoms with van der Waals surface area (Å²) in [5, 5.41) is -0.209. The molecule has 3 aromatic rings. The fraction of sp³-hybridized carbons (Fsp3) is 0.136. The van der Waals surface area contributed by atoms with E-state index in [1.54, 1.807) is 0 Å². The third-order valence-electron chi connectivity index (χ3n) is 4.90. The normalized spacial score (nSPS) is 12.9. The molecular weight excluding hydrogens is 569 g/mol. The van der Waals surface area contributed by atoms with Gasteiger partial charge < -0.3 is 4.74 Å². The highest BCUT2D eigenvalue weighted by atomic mass is 35.5. The van der Waals surface area contributed by atoms with Crippen LogP contribution < -0.4 is 9.46 Å². The first-order valence-corrected chi connectivity index (χ1v) is 13.7. The molecule has 0 heterocycles.